The predicted molar refractivity (Wildman–Crippen MR) is 223 cm³/mol. The van der Waals surface area contributed by atoms with Crippen LogP contribution in [0.25, 0.3) is 33.0 Å². The number of phenols is 1. The van der Waals surface area contributed by atoms with Crippen LogP contribution < -0.4 is 25.5 Å². The van der Waals surface area contributed by atoms with Crippen molar-refractivity contribution in [3.8, 4) is 17.2 Å². The number of phenolic OH excluding ortho intramolecular Hbond substituents is 1. The highest BCUT2D eigenvalue weighted by molar-refractivity contribution is 6.26. The van der Waals surface area contributed by atoms with Gasteiger partial charge in [0.15, 0.2) is 22.3 Å². The number of allylic oxidation sites excluding steroid dienone is 3. The zero-order valence-corrected chi connectivity index (χ0v) is 35.1. The fourth-order valence-electron chi connectivity index (χ4n) is 8.16. The zero-order chi connectivity index (χ0) is 44.1. The van der Waals surface area contributed by atoms with E-state index in [1.165, 1.54) is 34.0 Å². The maximum atomic E-state index is 14.6. The third kappa shape index (κ3) is 7.92. The van der Waals surface area contributed by atoms with Crippen molar-refractivity contribution in [3.63, 3.8) is 0 Å². The van der Waals surface area contributed by atoms with Crippen LogP contribution in [0, 0.1) is 24.7 Å². The summed E-state index contributed by atoms with van der Waals surface area (Å²) in [7, 11) is 0. The Bertz CT molecular complexity index is 2630. The molecule has 0 unspecified atom stereocenters. The van der Waals surface area contributed by atoms with Crippen LogP contribution in [-0.4, -0.2) is 82.1 Å². The lowest BCUT2D eigenvalue weighted by Gasteiger charge is -2.30. The van der Waals surface area contributed by atoms with Gasteiger partial charge in [0.1, 0.15) is 47.0 Å². The number of fused-ring (bicyclic) bond motifs is 9. The van der Waals surface area contributed by atoms with Crippen molar-refractivity contribution in [3.05, 3.63) is 75.7 Å². The highest BCUT2D eigenvalue weighted by Gasteiger charge is 2.50. The van der Waals surface area contributed by atoms with E-state index in [1.54, 1.807) is 43.4 Å². The molecular formula is C45H49N3O13. The number of hydrogen-bond acceptors (Lipinski definition) is 14. The van der Waals surface area contributed by atoms with Gasteiger partial charge in [0, 0.05) is 55.2 Å². The van der Waals surface area contributed by atoms with Crippen molar-refractivity contribution in [2.24, 2.45) is 17.8 Å². The Kier molecular flexibility index (Phi) is 11.7. The van der Waals surface area contributed by atoms with Crippen molar-refractivity contribution in [2.45, 2.75) is 92.0 Å². The standard InChI is InChI=1S/C45H49N3O13/c1-20-11-9-12-22(3)44(55)48-34-37(53)31-30(33-41(34)59-29-19-27(14-15-28(29)47-33)56-18-16-46-25(6)49)32-40(23(4)35(31)51)61-45(8,43(32)54)57-17-10-13-21(2)39(58-26(7)50)42-36(52)24(5)38(20)60-42/h9-12,14-15,17,19-21,24,36,38-39,42,52-53H,13,16,18H2,1-8H3,(H,46,49)(H,48,55)/b11-9+,17-10+,22-12-/t20-,21+,24-,36+,38-,39+,42+,45-/m0/s1. The summed E-state index contributed by atoms with van der Waals surface area (Å²) in [5.74, 6) is -5.43. The number of ether oxygens (including phenoxy) is 5. The number of hydrogen-bond donors (Lipinski definition) is 4. The molecule has 1 aromatic heterocycles. The van der Waals surface area contributed by atoms with E-state index in [9.17, 15) is 34.2 Å². The summed E-state index contributed by atoms with van der Waals surface area (Å²) in [6, 6.07) is 4.79. The van der Waals surface area contributed by atoms with Gasteiger partial charge in [0.05, 0.1) is 36.0 Å². The number of carbonyl (C=O) groups excluding carboxylic acids is 4. The monoisotopic (exact) mass is 839 g/mol. The van der Waals surface area contributed by atoms with E-state index in [0.29, 0.717) is 5.75 Å². The molecule has 61 heavy (non-hydrogen) atoms. The Hall–Kier alpha value is -6.26. The maximum Gasteiger partial charge on any atom is 0.312 e. The molecule has 1 fully saturated rings. The van der Waals surface area contributed by atoms with Crippen LogP contribution in [-0.2, 0) is 28.6 Å². The number of nitrogens with zero attached hydrogens (tertiary/aromatic N) is 1. The minimum atomic E-state index is -1.98. The predicted octanol–water partition coefficient (Wildman–Crippen LogP) is 5.66. The van der Waals surface area contributed by atoms with Gasteiger partial charge in [-0.3, -0.25) is 24.0 Å². The number of ketones is 1. The van der Waals surface area contributed by atoms with Gasteiger partial charge < -0.3 is 48.9 Å². The average Bonchev–Trinajstić information content (AvgIpc) is 3.66. The highest BCUT2D eigenvalue weighted by Crippen LogP contribution is 2.48. The SMILES string of the molecule is CC(=O)NCCOc1ccc2nc3c(oc2c1)c1c(O)c2c(=O)c(C)c4c(c23)C(=O)[C@@](C)(O/C=C/C[C@@H](C)[C@@H](OC(C)=O)[C@@H]2O[C@H]([C@@H](C)[C@H]2O)[C@@H](C)/C=C/C=C(/C)C(=O)N1)O4. The van der Waals surface area contributed by atoms with E-state index >= 15 is 0 Å². The number of aromatic hydroxyl groups is 1. The summed E-state index contributed by atoms with van der Waals surface area (Å²) in [5.41, 5.74) is -0.543. The number of aliphatic hydroxyl groups excluding tert-OH is 1. The first-order chi connectivity index (χ1) is 28.9. The molecule has 16 nitrogen and oxygen atoms in total. The van der Waals surface area contributed by atoms with Gasteiger partial charge in [-0.15, -0.1) is 0 Å². The quantitative estimate of drug-likeness (QED) is 0.0627. The van der Waals surface area contributed by atoms with Crippen LogP contribution in [0.2, 0.25) is 0 Å². The van der Waals surface area contributed by atoms with E-state index in [0.717, 1.165) is 0 Å². The van der Waals surface area contributed by atoms with Crippen molar-refractivity contribution >= 4 is 62.2 Å². The van der Waals surface area contributed by atoms with Crippen molar-refractivity contribution in [2.75, 3.05) is 18.5 Å². The molecule has 3 aromatic carbocycles. The van der Waals surface area contributed by atoms with Crippen molar-refractivity contribution in [1.82, 2.24) is 10.3 Å². The number of anilines is 1. The second kappa shape index (κ2) is 16.7. The smallest absolute Gasteiger partial charge is 0.312 e. The summed E-state index contributed by atoms with van der Waals surface area (Å²) >= 11 is 0. The Morgan fingerprint density at radius 1 is 1.08 bits per heavy atom. The first kappa shape index (κ1) is 42.8. The minimum absolute atomic E-state index is 0.00292. The lowest BCUT2D eigenvalue weighted by molar-refractivity contribution is -0.163. The van der Waals surface area contributed by atoms with E-state index in [4.69, 9.17) is 33.1 Å². The number of aliphatic hydroxyl groups is 1. The number of carbonyl (C=O) groups is 4. The molecule has 1 saturated heterocycles. The van der Waals surface area contributed by atoms with Crippen molar-refractivity contribution < 1.29 is 57.5 Å². The summed E-state index contributed by atoms with van der Waals surface area (Å²) in [4.78, 5) is 71.1. The second-order valence-electron chi connectivity index (χ2n) is 16.1. The molecule has 2 amide bonds. The van der Waals surface area contributed by atoms with Gasteiger partial charge in [-0.2, -0.15) is 0 Å². The van der Waals surface area contributed by atoms with Crippen LogP contribution in [0.3, 0.4) is 0 Å². The van der Waals surface area contributed by atoms with E-state index in [2.05, 4.69) is 10.6 Å². The minimum Gasteiger partial charge on any atom is -0.505 e. The van der Waals surface area contributed by atoms with Crippen LogP contribution in [0.5, 0.6) is 17.2 Å². The number of Topliss-reactive ketones (excluding diaryl/α,β-unsaturated/α-hetero) is 1. The van der Waals surface area contributed by atoms with E-state index in [1.807, 2.05) is 26.8 Å². The van der Waals surface area contributed by atoms with E-state index < -0.39 is 59.0 Å². The molecule has 5 heterocycles. The molecule has 8 rings (SSSR count). The second-order valence-corrected chi connectivity index (χ2v) is 16.1. The Labute approximate surface area is 350 Å². The molecular weight excluding hydrogens is 791 g/mol. The number of aromatic nitrogens is 1. The van der Waals surface area contributed by atoms with Gasteiger partial charge in [-0.25, -0.2) is 4.98 Å². The molecule has 4 aliphatic rings. The van der Waals surface area contributed by atoms with Gasteiger partial charge in [0.25, 0.3) is 11.7 Å². The third-order valence-electron chi connectivity index (χ3n) is 11.5. The lowest BCUT2D eigenvalue weighted by atomic mass is 9.87. The summed E-state index contributed by atoms with van der Waals surface area (Å²) in [6.07, 6.45) is 5.15. The first-order valence-corrected chi connectivity index (χ1v) is 20.1. The zero-order valence-electron chi connectivity index (χ0n) is 35.1. The van der Waals surface area contributed by atoms with Gasteiger partial charge in [0.2, 0.25) is 5.91 Å². The fourth-order valence-corrected chi connectivity index (χ4v) is 8.16. The first-order valence-electron chi connectivity index (χ1n) is 20.1. The van der Waals surface area contributed by atoms with Gasteiger partial charge in [-0.1, -0.05) is 39.0 Å². The molecule has 8 atom stereocenters. The number of nitrogens with one attached hydrogen (secondary N) is 2. The molecule has 16 heteroatoms. The molecule has 0 saturated carbocycles. The number of amides is 2. The van der Waals surface area contributed by atoms with Crippen LogP contribution >= 0.6 is 0 Å². The number of esters is 1. The molecule has 4 aromatic rings. The molecule has 7 bridgehead atoms. The average molecular weight is 840 g/mol. The fraction of sp³-hybridized carbons (Fsp3) is 0.422. The van der Waals surface area contributed by atoms with Crippen molar-refractivity contribution in [1.29, 1.82) is 0 Å². The topological polar surface area (TPSA) is 222 Å². The number of rotatable bonds is 5. The van der Waals surface area contributed by atoms with Gasteiger partial charge >= 0.3 is 11.8 Å². The highest BCUT2D eigenvalue weighted by atomic mass is 16.7. The Morgan fingerprint density at radius 3 is 2.56 bits per heavy atom. The van der Waals surface area contributed by atoms with Crippen LogP contribution in [0.15, 0.2) is 63.6 Å². The largest absolute Gasteiger partial charge is 0.505 e. The van der Waals surface area contributed by atoms with Crippen LogP contribution in [0.4, 0.5) is 5.69 Å². The van der Waals surface area contributed by atoms with Gasteiger partial charge in [-0.05, 0) is 44.4 Å². The molecule has 0 radical (unpaired) electrons. The van der Waals surface area contributed by atoms with Crippen LogP contribution in [0.1, 0.15) is 70.8 Å². The summed E-state index contributed by atoms with van der Waals surface area (Å²) < 4.78 is 36.5. The maximum absolute atomic E-state index is 14.6. The normalized spacial score (nSPS) is 28.6. The molecule has 0 spiro atoms. The Balaban J connectivity index is 1.40. The molecule has 322 valence electrons. The molecule has 4 N–H and O–H groups in total. The summed E-state index contributed by atoms with van der Waals surface area (Å²) in [5, 5.41) is 28.4. The third-order valence-corrected chi connectivity index (χ3v) is 11.5. The molecule has 4 aliphatic heterocycles. The lowest BCUT2D eigenvalue weighted by Crippen LogP contribution is -2.43. The number of benzene rings is 3. The van der Waals surface area contributed by atoms with E-state index in [-0.39, 0.29) is 104 Å². The molecule has 0 aliphatic carbocycles. The summed E-state index contributed by atoms with van der Waals surface area (Å²) in [6.45, 7) is 13.1. The Morgan fingerprint density at radius 2 is 1.84 bits per heavy atom.